The SMILES string of the molecule is CCCCCC/C=C\C/C=C\CCCCCCCC(=O)NC(COC1OC(CO)C(O)C(O)C1O)C(O)CCCCCCCCCCCCCCCCCCCCCCCCC. The van der Waals surface area contributed by atoms with E-state index in [1.54, 1.807) is 0 Å². The van der Waals surface area contributed by atoms with Crippen LogP contribution >= 0.6 is 0 Å². The Bertz CT molecular complexity index is 1020. The molecule has 9 nitrogen and oxygen atoms in total. The molecule has 0 aromatic heterocycles. The average Bonchev–Trinajstić information content (AvgIpc) is 3.27. The first-order valence-electron chi connectivity index (χ1n) is 26.5. The summed E-state index contributed by atoms with van der Waals surface area (Å²) in [7, 11) is 0. The molecule has 0 radical (unpaired) electrons. The molecule has 0 aromatic carbocycles. The number of nitrogens with one attached hydrogen (secondary N) is 1. The van der Waals surface area contributed by atoms with E-state index in [9.17, 15) is 30.3 Å². The van der Waals surface area contributed by atoms with Gasteiger partial charge in [0.15, 0.2) is 6.29 Å². The Balaban J connectivity index is 2.24. The summed E-state index contributed by atoms with van der Waals surface area (Å²) in [6, 6.07) is -0.725. The van der Waals surface area contributed by atoms with Crippen molar-refractivity contribution in [2.75, 3.05) is 13.2 Å². The lowest BCUT2D eigenvalue weighted by molar-refractivity contribution is -0.302. The predicted octanol–water partition coefficient (Wildman–Crippen LogP) is 12.2. The van der Waals surface area contributed by atoms with Crippen LogP contribution in [0.15, 0.2) is 24.3 Å². The van der Waals surface area contributed by atoms with Crippen molar-refractivity contribution in [3.8, 4) is 0 Å². The van der Waals surface area contributed by atoms with Gasteiger partial charge in [0, 0.05) is 6.42 Å². The molecule has 6 N–H and O–H groups in total. The maximum atomic E-state index is 13.0. The summed E-state index contributed by atoms with van der Waals surface area (Å²) in [6.07, 6.45) is 46.2. The fourth-order valence-electron chi connectivity index (χ4n) is 8.55. The molecule has 1 fully saturated rings. The normalized spacial score (nSPS) is 20.4. The number of ether oxygens (including phenoxy) is 2. The van der Waals surface area contributed by atoms with Gasteiger partial charge in [0.25, 0.3) is 0 Å². The highest BCUT2D eigenvalue weighted by Gasteiger charge is 2.44. The summed E-state index contributed by atoms with van der Waals surface area (Å²) < 4.78 is 11.3. The number of hydrogen-bond acceptors (Lipinski definition) is 8. The van der Waals surface area contributed by atoms with Crippen LogP contribution in [-0.4, -0.2) is 87.5 Å². The standard InChI is InChI=1S/C53H101NO8/c1-3-5-7-9-11-13-15-17-19-21-22-23-24-25-26-27-28-30-32-34-36-38-40-42-47(56)46(45-61-53-52(60)51(59)50(58)48(44-55)62-53)54-49(57)43-41-39-37-35-33-31-29-20-18-16-14-12-10-8-6-4-2/h14,16,20,29,46-48,50-53,55-56,58-60H,3-13,15,17-19,21-28,30-45H2,1-2H3,(H,54,57)/b16-14-,29-20-. The van der Waals surface area contributed by atoms with Crippen molar-refractivity contribution in [2.45, 2.75) is 294 Å². The summed E-state index contributed by atoms with van der Waals surface area (Å²) >= 11 is 0. The fraction of sp³-hybridized carbons (Fsp3) is 0.906. The Labute approximate surface area is 381 Å². The Morgan fingerprint density at radius 3 is 1.40 bits per heavy atom. The van der Waals surface area contributed by atoms with Gasteiger partial charge >= 0.3 is 0 Å². The molecule has 1 rings (SSSR count). The highest BCUT2D eigenvalue weighted by Crippen LogP contribution is 2.23. The first-order valence-corrected chi connectivity index (χ1v) is 26.5. The largest absolute Gasteiger partial charge is 0.394 e. The van der Waals surface area contributed by atoms with Gasteiger partial charge in [0.1, 0.15) is 24.4 Å². The molecular weight excluding hydrogens is 779 g/mol. The molecule has 1 amide bonds. The number of allylic oxidation sites excluding steroid dienone is 4. The number of amides is 1. The minimum Gasteiger partial charge on any atom is -0.394 e. The molecule has 9 heteroatoms. The Morgan fingerprint density at radius 2 is 0.952 bits per heavy atom. The summed E-state index contributed by atoms with van der Waals surface area (Å²) in [5, 5.41) is 54.5. The Hall–Kier alpha value is -1.33. The van der Waals surface area contributed by atoms with Gasteiger partial charge in [-0.2, -0.15) is 0 Å². The third kappa shape index (κ3) is 33.2. The third-order valence-corrected chi connectivity index (χ3v) is 12.8. The lowest BCUT2D eigenvalue weighted by Crippen LogP contribution is -2.60. The van der Waals surface area contributed by atoms with E-state index in [1.807, 2.05) is 0 Å². The molecule has 7 unspecified atom stereocenters. The summed E-state index contributed by atoms with van der Waals surface area (Å²) in [4.78, 5) is 13.0. The van der Waals surface area contributed by atoms with E-state index in [0.29, 0.717) is 12.8 Å². The van der Waals surface area contributed by atoms with Gasteiger partial charge in [-0.05, 0) is 44.9 Å². The summed E-state index contributed by atoms with van der Waals surface area (Å²) in [5.41, 5.74) is 0. The van der Waals surface area contributed by atoms with Gasteiger partial charge in [-0.3, -0.25) is 4.79 Å². The number of unbranched alkanes of at least 4 members (excludes halogenated alkanes) is 31. The smallest absolute Gasteiger partial charge is 0.220 e. The molecule has 366 valence electrons. The van der Waals surface area contributed by atoms with Gasteiger partial charge in [0.05, 0.1) is 25.4 Å². The summed E-state index contributed by atoms with van der Waals surface area (Å²) in [6.45, 7) is 3.83. The van der Waals surface area contributed by atoms with Crippen LogP contribution < -0.4 is 5.32 Å². The first kappa shape index (κ1) is 58.7. The second-order valence-electron chi connectivity index (χ2n) is 18.7. The molecule has 1 aliphatic heterocycles. The summed E-state index contributed by atoms with van der Waals surface area (Å²) in [5.74, 6) is -0.155. The average molecular weight is 880 g/mol. The van der Waals surface area contributed by atoms with Crippen LogP contribution in [0.1, 0.15) is 251 Å². The van der Waals surface area contributed by atoms with Crippen LogP contribution in [0.4, 0.5) is 0 Å². The maximum Gasteiger partial charge on any atom is 0.220 e. The number of carbonyl (C=O) groups is 1. The van der Waals surface area contributed by atoms with Crippen LogP contribution in [0, 0.1) is 0 Å². The number of hydrogen-bond donors (Lipinski definition) is 6. The highest BCUT2D eigenvalue weighted by atomic mass is 16.7. The molecule has 0 saturated carbocycles. The van der Waals surface area contributed by atoms with Crippen molar-refractivity contribution >= 4 is 5.91 Å². The maximum absolute atomic E-state index is 13.0. The van der Waals surface area contributed by atoms with Crippen molar-refractivity contribution in [3.05, 3.63) is 24.3 Å². The van der Waals surface area contributed by atoms with Crippen molar-refractivity contribution in [3.63, 3.8) is 0 Å². The van der Waals surface area contributed by atoms with Gasteiger partial charge in [0.2, 0.25) is 5.91 Å². The van der Waals surface area contributed by atoms with Crippen molar-refractivity contribution in [1.29, 1.82) is 0 Å². The van der Waals surface area contributed by atoms with Crippen LogP contribution in [-0.2, 0) is 14.3 Å². The lowest BCUT2D eigenvalue weighted by atomic mass is 9.99. The highest BCUT2D eigenvalue weighted by molar-refractivity contribution is 5.76. The van der Waals surface area contributed by atoms with Gasteiger partial charge < -0.3 is 40.3 Å². The van der Waals surface area contributed by atoms with Gasteiger partial charge in [-0.15, -0.1) is 0 Å². The van der Waals surface area contributed by atoms with Crippen LogP contribution in [0.25, 0.3) is 0 Å². The molecular formula is C53H101NO8. The topological polar surface area (TPSA) is 149 Å². The zero-order chi connectivity index (χ0) is 45.1. The van der Waals surface area contributed by atoms with E-state index < -0.39 is 49.5 Å². The minimum atomic E-state index is -1.55. The van der Waals surface area contributed by atoms with Gasteiger partial charge in [-0.25, -0.2) is 0 Å². The number of rotatable bonds is 45. The number of aliphatic hydroxyl groups excluding tert-OH is 5. The molecule has 0 spiro atoms. The van der Waals surface area contributed by atoms with Crippen molar-refractivity contribution < 1.29 is 39.8 Å². The monoisotopic (exact) mass is 880 g/mol. The quantitative estimate of drug-likeness (QED) is 0.0262. The van der Waals surface area contributed by atoms with E-state index in [4.69, 9.17) is 9.47 Å². The second kappa shape index (κ2) is 43.6. The Kier molecular flexibility index (Phi) is 41.2. The molecule has 1 aliphatic rings. The van der Waals surface area contributed by atoms with E-state index in [2.05, 4.69) is 43.5 Å². The minimum absolute atomic E-state index is 0.142. The Morgan fingerprint density at radius 1 is 0.548 bits per heavy atom. The van der Waals surface area contributed by atoms with Crippen LogP contribution in [0.5, 0.6) is 0 Å². The zero-order valence-electron chi connectivity index (χ0n) is 40.4. The van der Waals surface area contributed by atoms with E-state index in [1.165, 1.54) is 161 Å². The molecule has 0 aromatic rings. The van der Waals surface area contributed by atoms with Crippen molar-refractivity contribution in [2.24, 2.45) is 0 Å². The molecule has 0 aliphatic carbocycles. The lowest BCUT2D eigenvalue weighted by Gasteiger charge is -2.40. The second-order valence-corrected chi connectivity index (χ2v) is 18.7. The molecule has 1 heterocycles. The molecule has 1 saturated heterocycles. The first-order chi connectivity index (χ1) is 30.3. The van der Waals surface area contributed by atoms with E-state index in [-0.39, 0.29) is 12.5 Å². The van der Waals surface area contributed by atoms with Gasteiger partial charge in [-0.1, -0.05) is 224 Å². The van der Waals surface area contributed by atoms with Crippen LogP contribution in [0.2, 0.25) is 0 Å². The third-order valence-electron chi connectivity index (χ3n) is 12.8. The van der Waals surface area contributed by atoms with E-state index in [0.717, 1.165) is 64.2 Å². The van der Waals surface area contributed by atoms with Crippen molar-refractivity contribution in [1.82, 2.24) is 5.32 Å². The van der Waals surface area contributed by atoms with E-state index >= 15 is 0 Å². The zero-order valence-corrected chi connectivity index (χ0v) is 40.4. The fourth-order valence-corrected chi connectivity index (χ4v) is 8.55. The van der Waals surface area contributed by atoms with Crippen LogP contribution in [0.3, 0.4) is 0 Å². The molecule has 7 atom stereocenters. The number of carbonyl (C=O) groups excluding carboxylic acids is 1. The number of aliphatic hydroxyl groups is 5. The molecule has 62 heavy (non-hydrogen) atoms. The predicted molar refractivity (Wildman–Crippen MR) is 258 cm³/mol. The molecule has 0 bridgehead atoms.